The number of benzene rings is 1. The van der Waals surface area contributed by atoms with Crippen molar-refractivity contribution in [1.82, 2.24) is 14.9 Å². The van der Waals surface area contributed by atoms with Crippen LogP contribution in [0.5, 0.6) is 0 Å². The molecule has 3 N–H and O–H groups in total. The van der Waals surface area contributed by atoms with Crippen molar-refractivity contribution in [3.05, 3.63) is 30.3 Å². The summed E-state index contributed by atoms with van der Waals surface area (Å²) >= 11 is 0. The maximum absolute atomic E-state index is 12.5. The molecule has 2 atom stereocenters. The molecule has 1 saturated heterocycles. The Morgan fingerprint density at radius 2 is 2.04 bits per heavy atom. The molecule has 0 bridgehead atoms. The number of ether oxygens (including phenoxy) is 1. The predicted octanol–water partition coefficient (Wildman–Crippen LogP) is 0.189. The summed E-state index contributed by atoms with van der Waals surface area (Å²) in [5.74, 6) is 0.0767. The standard InChI is InChI=1S/C19H31N3O5S/c1-15(2)13-22-9-11-27-16(14-22)12-20-19(24)18(8-10-23)21-28(25,26)17-6-4-3-5-7-17/h3-7,15-16,18,21,23H,8-14H2,1-2H3,(H,20,24)/t16-,18-/m1/s1. The van der Waals surface area contributed by atoms with Crippen molar-refractivity contribution >= 4 is 15.9 Å². The van der Waals surface area contributed by atoms with E-state index in [1.54, 1.807) is 18.2 Å². The van der Waals surface area contributed by atoms with Gasteiger partial charge in [-0.2, -0.15) is 4.72 Å². The lowest BCUT2D eigenvalue weighted by Gasteiger charge is -2.34. The number of nitrogens with zero attached hydrogens (tertiary/aromatic N) is 1. The number of aliphatic hydroxyl groups excluding tert-OH is 1. The third-order valence-corrected chi connectivity index (χ3v) is 5.92. The quantitative estimate of drug-likeness (QED) is 0.505. The summed E-state index contributed by atoms with van der Waals surface area (Å²) in [6.45, 7) is 7.46. The topological polar surface area (TPSA) is 108 Å². The van der Waals surface area contributed by atoms with Crippen molar-refractivity contribution in [2.45, 2.75) is 37.3 Å². The molecule has 1 fully saturated rings. The van der Waals surface area contributed by atoms with Gasteiger partial charge in [-0.25, -0.2) is 8.42 Å². The molecule has 0 unspecified atom stereocenters. The molecule has 158 valence electrons. The lowest BCUT2D eigenvalue weighted by atomic mass is 10.1. The first-order chi connectivity index (χ1) is 13.3. The summed E-state index contributed by atoms with van der Waals surface area (Å²) < 4.78 is 33.0. The van der Waals surface area contributed by atoms with Crippen LogP contribution < -0.4 is 10.0 Å². The van der Waals surface area contributed by atoms with E-state index in [9.17, 15) is 18.3 Å². The molecule has 1 aromatic rings. The number of aliphatic hydroxyl groups is 1. The van der Waals surface area contributed by atoms with Gasteiger partial charge in [-0.15, -0.1) is 0 Å². The average molecular weight is 414 g/mol. The van der Waals surface area contributed by atoms with Crippen LogP contribution >= 0.6 is 0 Å². The Labute approximate surface area is 167 Å². The Hall–Kier alpha value is -1.52. The maximum Gasteiger partial charge on any atom is 0.241 e. The summed E-state index contributed by atoms with van der Waals surface area (Å²) in [5.41, 5.74) is 0. The Balaban J connectivity index is 1.92. The molecule has 1 heterocycles. The van der Waals surface area contributed by atoms with Gasteiger partial charge in [0.15, 0.2) is 0 Å². The summed E-state index contributed by atoms with van der Waals surface area (Å²) in [7, 11) is -3.85. The summed E-state index contributed by atoms with van der Waals surface area (Å²) in [5, 5.41) is 12.0. The summed E-state index contributed by atoms with van der Waals surface area (Å²) in [6, 6.07) is 6.79. The van der Waals surface area contributed by atoms with E-state index in [1.807, 2.05) is 0 Å². The molecule has 1 amide bonds. The van der Waals surface area contributed by atoms with Gasteiger partial charge in [0, 0.05) is 32.8 Å². The molecule has 0 radical (unpaired) electrons. The number of rotatable bonds is 10. The highest BCUT2D eigenvalue weighted by Gasteiger charge is 2.27. The van der Waals surface area contributed by atoms with Crippen molar-refractivity contribution in [3.63, 3.8) is 0 Å². The van der Waals surface area contributed by atoms with Crippen molar-refractivity contribution in [2.75, 3.05) is 39.4 Å². The van der Waals surface area contributed by atoms with Gasteiger partial charge in [0.2, 0.25) is 15.9 Å². The van der Waals surface area contributed by atoms with Crippen LogP contribution in [0, 0.1) is 5.92 Å². The first-order valence-corrected chi connectivity index (χ1v) is 11.1. The second-order valence-electron chi connectivity index (χ2n) is 7.39. The number of carbonyl (C=O) groups excluding carboxylic acids is 1. The fourth-order valence-electron chi connectivity index (χ4n) is 3.15. The zero-order valence-electron chi connectivity index (χ0n) is 16.5. The molecular formula is C19H31N3O5S. The molecule has 8 nitrogen and oxygen atoms in total. The number of morpholine rings is 1. The highest BCUT2D eigenvalue weighted by molar-refractivity contribution is 7.89. The number of amides is 1. The number of hydrogen-bond donors (Lipinski definition) is 3. The minimum absolute atomic E-state index is 0.0110. The van der Waals surface area contributed by atoms with E-state index < -0.39 is 22.0 Å². The van der Waals surface area contributed by atoms with Gasteiger partial charge in [-0.3, -0.25) is 9.69 Å². The van der Waals surface area contributed by atoms with E-state index >= 15 is 0 Å². The largest absolute Gasteiger partial charge is 0.396 e. The Morgan fingerprint density at radius 3 is 2.68 bits per heavy atom. The van der Waals surface area contributed by atoms with E-state index in [4.69, 9.17) is 4.74 Å². The minimum Gasteiger partial charge on any atom is -0.396 e. The van der Waals surface area contributed by atoms with E-state index in [2.05, 4.69) is 28.8 Å². The van der Waals surface area contributed by atoms with Gasteiger partial charge in [0.1, 0.15) is 6.04 Å². The van der Waals surface area contributed by atoms with Crippen LogP contribution in [-0.4, -0.2) is 75.9 Å². The summed E-state index contributed by atoms with van der Waals surface area (Å²) in [4.78, 5) is 14.9. The number of hydrogen-bond acceptors (Lipinski definition) is 6. The molecule has 1 aliphatic rings. The van der Waals surface area contributed by atoms with E-state index in [0.29, 0.717) is 19.1 Å². The first kappa shape index (κ1) is 22.8. The molecular weight excluding hydrogens is 382 g/mol. The zero-order chi connectivity index (χ0) is 20.6. The zero-order valence-corrected chi connectivity index (χ0v) is 17.3. The van der Waals surface area contributed by atoms with Crippen molar-refractivity contribution in [1.29, 1.82) is 0 Å². The van der Waals surface area contributed by atoms with Gasteiger partial charge in [-0.05, 0) is 24.5 Å². The molecule has 0 spiro atoms. The van der Waals surface area contributed by atoms with E-state index in [1.165, 1.54) is 12.1 Å². The van der Waals surface area contributed by atoms with E-state index in [0.717, 1.165) is 19.6 Å². The lowest BCUT2D eigenvalue weighted by Crippen LogP contribution is -2.52. The number of sulfonamides is 1. The van der Waals surface area contributed by atoms with E-state index in [-0.39, 0.29) is 24.0 Å². The second-order valence-corrected chi connectivity index (χ2v) is 9.10. The molecule has 0 aromatic heterocycles. The van der Waals surface area contributed by atoms with Gasteiger partial charge >= 0.3 is 0 Å². The Bertz CT molecular complexity index is 712. The van der Waals surface area contributed by atoms with Crippen LogP contribution in [0.1, 0.15) is 20.3 Å². The van der Waals surface area contributed by atoms with Crippen molar-refractivity contribution in [2.24, 2.45) is 5.92 Å². The average Bonchev–Trinajstić information content (AvgIpc) is 2.66. The molecule has 1 aliphatic heterocycles. The highest BCUT2D eigenvalue weighted by atomic mass is 32.2. The fourth-order valence-corrected chi connectivity index (χ4v) is 4.40. The predicted molar refractivity (Wildman–Crippen MR) is 106 cm³/mol. The van der Waals surface area contributed by atoms with Crippen LogP contribution in [0.25, 0.3) is 0 Å². The van der Waals surface area contributed by atoms with Crippen LogP contribution in [0.4, 0.5) is 0 Å². The number of carbonyl (C=O) groups is 1. The molecule has 0 aliphatic carbocycles. The van der Waals surface area contributed by atoms with Gasteiger partial charge in [0.25, 0.3) is 0 Å². The van der Waals surface area contributed by atoms with Crippen LogP contribution in [-0.2, 0) is 19.6 Å². The van der Waals surface area contributed by atoms with Crippen LogP contribution in [0.2, 0.25) is 0 Å². The fraction of sp³-hybridized carbons (Fsp3) is 0.632. The van der Waals surface area contributed by atoms with Crippen molar-refractivity contribution in [3.8, 4) is 0 Å². The number of nitrogens with one attached hydrogen (secondary N) is 2. The summed E-state index contributed by atoms with van der Waals surface area (Å²) in [6.07, 6.45) is -0.153. The van der Waals surface area contributed by atoms with Crippen LogP contribution in [0.3, 0.4) is 0 Å². The third-order valence-electron chi connectivity index (χ3n) is 4.44. The lowest BCUT2D eigenvalue weighted by molar-refractivity contribution is -0.124. The SMILES string of the molecule is CC(C)CN1CCO[C@H](CNC(=O)[C@@H](CCO)NS(=O)(=O)c2ccccc2)C1. The molecule has 9 heteroatoms. The Morgan fingerprint density at radius 1 is 1.32 bits per heavy atom. The van der Waals surface area contributed by atoms with Gasteiger partial charge < -0.3 is 15.2 Å². The smallest absolute Gasteiger partial charge is 0.241 e. The normalized spacial score (nSPS) is 19.5. The van der Waals surface area contributed by atoms with Crippen molar-refractivity contribution < 1.29 is 23.1 Å². The maximum atomic E-state index is 12.5. The minimum atomic E-state index is -3.85. The first-order valence-electron chi connectivity index (χ1n) is 9.61. The van der Waals surface area contributed by atoms with Gasteiger partial charge in [-0.1, -0.05) is 32.0 Å². The van der Waals surface area contributed by atoms with Gasteiger partial charge in [0.05, 0.1) is 17.6 Å². The monoisotopic (exact) mass is 413 g/mol. The third kappa shape index (κ3) is 7.14. The molecule has 28 heavy (non-hydrogen) atoms. The Kier molecular flexibility index (Phi) is 8.84. The highest BCUT2D eigenvalue weighted by Crippen LogP contribution is 2.10. The molecule has 0 saturated carbocycles. The molecule has 1 aromatic carbocycles. The molecule has 2 rings (SSSR count). The second kappa shape index (κ2) is 10.9. The van der Waals surface area contributed by atoms with Crippen LogP contribution in [0.15, 0.2) is 35.2 Å².